The Kier molecular flexibility index (Phi) is 7.44. The van der Waals surface area contributed by atoms with Crippen molar-refractivity contribution in [2.75, 3.05) is 0 Å². The molecule has 0 saturated heterocycles. The van der Waals surface area contributed by atoms with Crippen LogP contribution in [0.5, 0.6) is 23.3 Å². The molecule has 2 aromatic heterocycles. The molecule has 0 aliphatic carbocycles. The van der Waals surface area contributed by atoms with Gasteiger partial charge < -0.3 is 14.3 Å². The van der Waals surface area contributed by atoms with E-state index in [1.54, 1.807) is 48.1 Å². The first-order valence-corrected chi connectivity index (χ1v) is 11.0. The number of pyridine rings is 1. The first-order valence-electron chi connectivity index (χ1n) is 10.6. The number of aromatic nitrogens is 3. The number of para-hydroxylation sites is 1. The van der Waals surface area contributed by atoms with Crippen LogP contribution in [-0.4, -0.2) is 21.0 Å². The topological polar surface area (TPSA) is 70.8 Å². The number of halogens is 4. The lowest BCUT2D eigenvalue weighted by molar-refractivity contribution is -0.137. The van der Waals surface area contributed by atoms with Gasteiger partial charge in [0.25, 0.3) is 0 Å². The van der Waals surface area contributed by atoms with Gasteiger partial charge in [-0.1, -0.05) is 41.0 Å². The zero-order chi connectivity index (χ0) is 25.7. The molecule has 0 saturated carbocycles. The molecule has 0 N–H and O–H groups in total. The highest BCUT2D eigenvalue weighted by atomic mass is 35.5. The first kappa shape index (κ1) is 25.1. The third-order valence-electron chi connectivity index (χ3n) is 4.95. The fraction of sp³-hybridized carbons (Fsp3) is 0.160. The average molecular weight is 517 g/mol. The van der Waals surface area contributed by atoms with E-state index < -0.39 is 11.7 Å². The largest absolute Gasteiger partial charge is 0.439 e. The molecule has 0 amide bonds. The van der Waals surface area contributed by atoms with Crippen LogP contribution in [0, 0.1) is 6.92 Å². The fourth-order valence-corrected chi connectivity index (χ4v) is 3.31. The number of nitrogens with zero attached hydrogens (tertiary/aromatic N) is 4. The molecule has 4 rings (SSSR count). The van der Waals surface area contributed by atoms with Crippen molar-refractivity contribution < 1.29 is 27.5 Å². The molecule has 4 aromatic rings. The van der Waals surface area contributed by atoms with Gasteiger partial charge in [-0.15, -0.1) is 0 Å². The van der Waals surface area contributed by atoms with Crippen molar-refractivity contribution in [2.24, 2.45) is 12.2 Å². The monoisotopic (exact) mass is 516 g/mol. The smallest absolute Gasteiger partial charge is 0.417 e. The summed E-state index contributed by atoms with van der Waals surface area (Å²) in [5, 5.41) is 8.86. The second-order valence-electron chi connectivity index (χ2n) is 7.60. The highest BCUT2D eigenvalue weighted by Crippen LogP contribution is 2.32. The third-order valence-corrected chi connectivity index (χ3v) is 5.27. The van der Waals surface area contributed by atoms with Crippen LogP contribution >= 0.6 is 11.6 Å². The number of oxime groups is 1. The first-order chi connectivity index (χ1) is 17.2. The minimum atomic E-state index is -4.45. The van der Waals surface area contributed by atoms with Crippen molar-refractivity contribution in [1.29, 1.82) is 0 Å². The lowest BCUT2D eigenvalue weighted by Gasteiger charge is -2.09. The van der Waals surface area contributed by atoms with Crippen LogP contribution in [0.2, 0.25) is 5.02 Å². The summed E-state index contributed by atoms with van der Waals surface area (Å²) in [4.78, 5) is 9.10. The highest BCUT2D eigenvalue weighted by Gasteiger charge is 2.30. The van der Waals surface area contributed by atoms with E-state index in [0.717, 1.165) is 17.8 Å². The summed E-state index contributed by atoms with van der Waals surface area (Å²) in [5.74, 6) is 1.43. The normalized spacial score (nSPS) is 11.6. The summed E-state index contributed by atoms with van der Waals surface area (Å²) < 4.78 is 50.9. The number of benzene rings is 2. The summed E-state index contributed by atoms with van der Waals surface area (Å²) in [7, 11) is 1.75. The summed E-state index contributed by atoms with van der Waals surface area (Å²) in [5.41, 5.74) is 1.30. The van der Waals surface area contributed by atoms with Crippen molar-refractivity contribution in [3.63, 3.8) is 0 Å². The number of alkyl halides is 3. The SMILES string of the molecule is Cc1nn(C)c(Oc2ccccc2Cl)c1/C=N/OCc1ccc(Oc2ccc(C(F)(F)F)cn2)cc1. The summed E-state index contributed by atoms with van der Waals surface area (Å²) in [6.45, 7) is 2.00. The standard InChI is InChI=1S/C25H20ClF3N4O3/c1-16-20(24(33(2)32-16)36-22-6-4-3-5-21(22)26)14-31-34-15-17-7-10-19(11-8-17)35-23-12-9-18(13-30-23)25(27,28)29/h3-14H,15H2,1-2H3/b31-14+. The van der Waals surface area contributed by atoms with E-state index in [-0.39, 0.29) is 12.5 Å². The molecule has 7 nitrogen and oxygen atoms in total. The van der Waals surface area contributed by atoms with Gasteiger partial charge in [0.05, 0.1) is 28.1 Å². The Balaban J connectivity index is 1.35. The van der Waals surface area contributed by atoms with Crippen LogP contribution < -0.4 is 9.47 Å². The van der Waals surface area contributed by atoms with Gasteiger partial charge in [0, 0.05) is 19.3 Å². The van der Waals surface area contributed by atoms with E-state index in [4.69, 9.17) is 25.9 Å². The molecule has 2 heterocycles. The predicted octanol–water partition coefficient (Wildman–Crippen LogP) is 6.93. The molecule has 0 atom stereocenters. The number of hydrogen-bond acceptors (Lipinski definition) is 6. The molecule has 0 aliphatic heterocycles. The Bertz CT molecular complexity index is 1350. The lowest BCUT2D eigenvalue weighted by Crippen LogP contribution is -2.05. The second kappa shape index (κ2) is 10.7. The Morgan fingerprint density at radius 2 is 1.78 bits per heavy atom. The molecular formula is C25H20ClF3N4O3. The van der Waals surface area contributed by atoms with Crippen molar-refractivity contribution in [2.45, 2.75) is 19.7 Å². The molecule has 36 heavy (non-hydrogen) atoms. The molecule has 0 aliphatic rings. The third kappa shape index (κ3) is 6.14. The van der Waals surface area contributed by atoms with E-state index in [9.17, 15) is 13.2 Å². The Labute approximate surface area is 209 Å². The van der Waals surface area contributed by atoms with Gasteiger partial charge in [-0.25, -0.2) is 9.67 Å². The molecule has 2 aromatic carbocycles. The van der Waals surface area contributed by atoms with Crippen molar-refractivity contribution in [3.8, 4) is 23.3 Å². The quantitative estimate of drug-likeness (QED) is 0.187. The van der Waals surface area contributed by atoms with Gasteiger partial charge in [-0.3, -0.25) is 0 Å². The minimum absolute atomic E-state index is 0.0539. The molecular weight excluding hydrogens is 497 g/mol. The maximum Gasteiger partial charge on any atom is 0.417 e. The Morgan fingerprint density at radius 1 is 1.03 bits per heavy atom. The lowest BCUT2D eigenvalue weighted by atomic mass is 10.2. The van der Waals surface area contributed by atoms with E-state index in [0.29, 0.717) is 33.7 Å². The average Bonchev–Trinajstić information content (AvgIpc) is 3.11. The molecule has 186 valence electrons. The van der Waals surface area contributed by atoms with Crippen LogP contribution in [0.15, 0.2) is 72.0 Å². The van der Waals surface area contributed by atoms with Crippen LogP contribution in [0.25, 0.3) is 0 Å². The van der Waals surface area contributed by atoms with Gasteiger partial charge in [-0.2, -0.15) is 18.3 Å². The van der Waals surface area contributed by atoms with Crippen LogP contribution in [0.4, 0.5) is 13.2 Å². The predicted molar refractivity (Wildman–Crippen MR) is 128 cm³/mol. The van der Waals surface area contributed by atoms with E-state index in [1.165, 1.54) is 12.3 Å². The summed E-state index contributed by atoms with van der Waals surface area (Å²) >= 11 is 6.19. The summed E-state index contributed by atoms with van der Waals surface area (Å²) in [6.07, 6.45) is -2.21. The van der Waals surface area contributed by atoms with Gasteiger partial charge in [0.2, 0.25) is 11.8 Å². The summed E-state index contributed by atoms with van der Waals surface area (Å²) in [6, 6.07) is 16.0. The van der Waals surface area contributed by atoms with E-state index in [2.05, 4.69) is 15.2 Å². The van der Waals surface area contributed by atoms with Gasteiger partial charge in [0.15, 0.2) is 0 Å². The van der Waals surface area contributed by atoms with E-state index in [1.807, 2.05) is 19.1 Å². The van der Waals surface area contributed by atoms with E-state index >= 15 is 0 Å². The zero-order valence-electron chi connectivity index (χ0n) is 19.2. The van der Waals surface area contributed by atoms with Gasteiger partial charge in [0.1, 0.15) is 18.1 Å². The van der Waals surface area contributed by atoms with Crippen molar-refractivity contribution in [1.82, 2.24) is 14.8 Å². The highest BCUT2D eigenvalue weighted by molar-refractivity contribution is 6.32. The number of hydrogen-bond donors (Lipinski definition) is 0. The minimum Gasteiger partial charge on any atom is -0.439 e. The zero-order valence-corrected chi connectivity index (χ0v) is 19.9. The maximum absolute atomic E-state index is 12.6. The molecule has 0 bridgehead atoms. The second-order valence-corrected chi connectivity index (χ2v) is 8.00. The van der Waals surface area contributed by atoms with Crippen molar-refractivity contribution >= 4 is 17.8 Å². The molecule has 0 radical (unpaired) electrons. The molecule has 0 fully saturated rings. The molecule has 0 unspecified atom stereocenters. The molecule has 0 spiro atoms. The maximum atomic E-state index is 12.6. The van der Waals surface area contributed by atoms with Crippen LogP contribution in [-0.2, 0) is 24.7 Å². The van der Waals surface area contributed by atoms with Crippen LogP contribution in [0.1, 0.15) is 22.4 Å². The van der Waals surface area contributed by atoms with Crippen LogP contribution in [0.3, 0.4) is 0 Å². The number of rotatable bonds is 8. The molecule has 11 heteroatoms. The Morgan fingerprint density at radius 3 is 2.44 bits per heavy atom. The number of ether oxygens (including phenoxy) is 2. The van der Waals surface area contributed by atoms with Gasteiger partial charge >= 0.3 is 6.18 Å². The number of aryl methyl sites for hydroxylation is 2. The Hall–Kier alpha value is -4.05. The van der Waals surface area contributed by atoms with Crippen molar-refractivity contribution in [3.05, 3.63) is 94.3 Å². The van der Waals surface area contributed by atoms with Gasteiger partial charge in [-0.05, 0) is 42.8 Å². The fourth-order valence-electron chi connectivity index (χ4n) is 3.14.